The number of likely N-dealkylation sites (tertiary alicyclic amines) is 1. The molecule has 1 fully saturated rings. The van der Waals surface area contributed by atoms with Crippen molar-refractivity contribution in [1.82, 2.24) is 10.2 Å². The molecule has 0 aromatic heterocycles. The van der Waals surface area contributed by atoms with Gasteiger partial charge in [-0.15, -0.1) is 0 Å². The number of aromatic carboxylic acids is 1. The average Bonchev–Trinajstić information content (AvgIpc) is 2.73. The Balaban J connectivity index is 1.59. The Hall–Kier alpha value is -3.06. The van der Waals surface area contributed by atoms with Crippen LogP contribution in [-0.4, -0.2) is 53.2 Å². The van der Waals surface area contributed by atoms with Crippen LogP contribution in [0.25, 0.3) is 0 Å². The molecule has 2 N–H and O–H groups in total. The fourth-order valence-electron chi connectivity index (χ4n) is 4.60. The van der Waals surface area contributed by atoms with E-state index >= 15 is 0 Å². The molecule has 0 unspecified atom stereocenters. The predicted molar refractivity (Wildman–Crippen MR) is 137 cm³/mol. The molecule has 7 heteroatoms. The van der Waals surface area contributed by atoms with Gasteiger partial charge in [0.15, 0.2) is 0 Å². The Morgan fingerprint density at radius 2 is 1.46 bits per heavy atom. The number of hydrogen-bond donors (Lipinski definition) is 2. The molecule has 1 aliphatic heterocycles. The monoisotopic (exact) mass is 482 g/mol. The molecule has 0 saturated carbocycles. The van der Waals surface area contributed by atoms with E-state index in [4.69, 9.17) is 9.47 Å². The highest BCUT2D eigenvalue weighted by Gasteiger charge is 2.23. The Bertz CT molecular complexity index is 1000. The lowest BCUT2D eigenvalue weighted by Gasteiger charge is -2.32. The van der Waals surface area contributed by atoms with E-state index in [1.165, 1.54) is 0 Å². The number of rotatable bonds is 9. The lowest BCUT2D eigenvalue weighted by Crippen LogP contribution is -2.44. The molecule has 190 valence electrons. The second kappa shape index (κ2) is 11.6. The summed E-state index contributed by atoms with van der Waals surface area (Å²) in [4.78, 5) is 26.6. The molecule has 35 heavy (non-hydrogen) atoms. The highest BCUT2D eigenvalue weighted by Crippen LogP contribution is 2.27. The summed E-state index contributed by atoms with van der Waals surface area (Å²) in [6, 6.07) is 9.50. The summed E-state index contributed by atoms with van der Waals surface area (Å²) in [6.07, 6.45) is 1.89. The minimum atomic E-state index is -0.969. The van der Waals surface area contributed by atoms with Gasteiger partial charge in [0, 0.05) is 37.3 Å². The Labute approximate surface area is 208 Å². The number of aryl methyl sites for hydroxylation is 2. The molecule has 0 aliphatic carbocycles. The van der Waals surface area contributed by atoms with Crippen molar-refractivity contribution in [3.63, 3.8) is 0 Å². The van der Waals surface area contributed by atoms with Gasteiger partial charge in [-0.25, -0.2) is 4.79 Å². The third-order valence-corrected chi connectivity index (χ3v) is 6.02. The number of carbonyl (C=O) groups excluding carboxylic acids is 1. The smallest absolute Gasteiger partial charge is 0.336 e. The van der Waals surface area contributed by atoms with Crippen LogP contribution in [-0.2, 0) is 6.54 Å². The van der Waals surface area contributed by atoms with E-state index < -0.39 is 5.97 Å². The molecule has 1 amide bonds. The first kappa shape index (κ1) is 26.5. The summed E-state index contributed by atoms with van der Waals surface area (Å²) in [6.45, 7) is 14.0. The highest BCUT2D eigenvalue weighted by molar-refractivity contribution is 5.97. The van der Waals surface area contributed by atoms with Crippen LogP contribution in [0.3, 0.4) is 0 Å². The van der Waals surface area contributed by atoms with Crippen molar-refractivity contribution in [3.8, 4) is 11.5 Å². The van der Waals surface area contributed by atoms with E-state index in [2.05, 4.69) is 22.3 Å². The lowest BCUT2D eigenvalue weighted by atomic mass is 9.98. The normalized spacial score (nSPS) is 14.9. The second-order valence-electron chi connectivity index (χ2n) is 9.96. The molecule has 2 aromatic carbocycles. The van der Waals surface area contributed by atoms with Crippen molar-refractivity contribution in [1.29, 1.82) is 0 Å². The second-order valence-corrected chi connectivity index (χ2v) is 9.96. The first-order valence-corrected chi connectivity index (χ1v) is 12.4. The number of ether oxygens (including phenoxy) is 2. The maximum atomic E-state index is 12.8. The van der Waals surface area contributed by atoms with Gasteiger partial charge in [-0.05, 0) is 95.3 Å². The zero-order valence-electron chi connectivity index (χ0n) is 21.7. The third kappa shape index (κ3) is 7.46. The van der Waals surface area contributed by atoms with Crippen LogP contribution in [0.5, 0.6) is 11.5 Å². The summed E-state index contributed by atoms with van der Waals surface area (Å²) in [5.41, 5.74) is 3.11. The van der Waals surface area contributed by atoms with Gasteiger partial charge in [0.05, 0.1) is 17.8 Å². The largest absolute Gasteiger partial charge is 0.491 e. The Morgan fingerprint density at radius 3 is 1.91 bits per heavy atom. The molecular weight excluding hydrogens is 444 g/mol. The number of carboxylic acid groups (broad SMARTS) is 1. The summed E-state index contributed by atoms with van der Waals surface area (Å²) in [5, 5.41) is 12.5. The van der Waals surface area contributed by atoms with Gasteiger partial charge < -0.3 is 19.9 Å². The van der Waals surface area contributed by atoms with Crippen molar-refractivity contribution in [2.45, 2.75) is 79.2 Å². The van der Waals surface area contributed by atoms with Crippen molar-refractivity contribution in [3.05, 3.63) is 58.1 Å². The van der Waals surface area contributed by atoms with Gasteiger partial charge in [-0.3, -0.25) is 9.69 Å². The van der Waals surface area contributed by atoms with Crippen molar-refractivity contribution in [2.24, 2.45) is 0 Å². The molecular formula is C28H38N2O5. The number of nitrogens with zero attached hydrogens (tertiary/aromatic N) is 1. The van der Waals surface area contributed by atoms with Crippen LogP contribution in [0.1, 0.15) is 77.9 Å². The molecule has 1 heterocycles. The number of benzene rings is 2. The van der Waals surface area contributed by atoms with Gasteiger partial charge in [-0.2, -0.15) is 0 Å². The number of hydrogen-bond acceptors (Lipinski definition) is 5. The molecule has 1 saturated heterocycles. The molecule has 2 aromatic rings. The quantitative estimate of drug-likeness (QED) is 0.525. The number of carboxylic acids is 1. The fourth-order valence-corrected chi connectivity index (χ4v) is 4.60. The standard InChI is InChI=1S/C28H38N2O5/c1-17(2)34-24-13-21(14-25(15-24)35-18(3)4)16-30-9-7-23(8-10-30)29-27(31)22-11-19(5)26(28(32)33)20(6)12-22/h11-15,17-18,23H,7-10,16H2,1-6H3,(H,29,31)(H,32,33). The summed E-state index contributed by atoms with van der Waals surface area (Å²) >= 11 is 0. The minimum Gasteiger partial charge on any atom is -0.491 e. The SMILES string of the molecule is Cc1cc(C(=O)NC2CCN(Cc3cc(OC(C)C)cc(OC(C)C)c3)CC2)cc(C)c1C(=O)O. The molecule has 0 radical (unpaired) electrons. The van der Waals surface area contributed by atoms with Crippen LogP contribution in [0.4, 0.5) is 0 Å². The van der Waals surface area contributed by atoms with E-state index in [-0.39, 0.29) is 29.7 Å². The van der Waals surface area contributed by atoms with Gasteiger partial charge in [-0.1, -0.05) is 0 Å². The van der Waals surface area contributed by atoms with Crippen LogP contribution in [0.2, 0.25) is 0 Å². The highest BCUT2D eigenvalue weighted by atomic mass is 16.5. The van der Waals surface area contributed by atoms with E-state index in [1.807, 2.05) is 33.8 Å². The number of amides is 1. The van der Waals surface area contributed by atoms with Gasteiger partial charge in [0.1, 0.15) is 11.5 Å². The fraction of sp³-hybridized carbons (Fsp3) is 0.500. The van der Waals surface area contributed by atoms with Crippen LogP contribution < -0.4 is 14.8 Å². The summed E-state index contributed by atoms with van der Waals surface area (Å²) in [5.74, 6) is 0.508. The first-order valence-electron chi connectivity index (χ1n) is 12.4. The Kier molecular flexibility index (Phi) is 8.78. The minimum absolute atomic E-state index is 0.0874. The van der Waals surface area contributed by atoms with E-state index in [0.717, 1.165) is 49.5 Å². The Morgan fingerprint density at radius 1 is 0.943 bits per heavy atom. The number of piperidine rings is 1. The zero-order valence-corrected chi connectivity index (χ0v) is 21.7. The molecule has 7 nitrogen and oxygen atoms in total. The van der Waals surface area contributed by atoms with Crippen LogP contribution in [0, 0.1) is 13.8 Å². The third-order valence-electron chi connectivity index (χ3n) is 6.02. The first-order chi connectivity index (χ1) is 16.5. The maximum absolute atomic E-state index is 12.8. The van der Waals surface area contributed by atoms with Gasteiger partial charge in [0.2, 0.25) is 0 Å². The van der Waals surface area contributed by atoms with E-state index in [1.54, 1.807) is 26.0 Å². The van der Waals surface area contributed by atoms with E-state index in [9.17, 15) is 14.7 Å². The van der Waals surface area contributed by atoms with Gasteiger partial charge in [0.25, 0.3) is 5.91 Å². The molecule has 1 aliphatic rings. The van der Waals surface area contributed by atoms with E-state index in [0.29, 0.717) is 16.7 Å². The van der Waals surface area contributed by atoms with Crippen LogP contribution >= 0.6 is 0 Å². The van der Waals surface area contributed by atoms with Gasteiger partial charge >= 0.3 is 5.97 Å². The molecule has 3 rings (SSSR count). The van der Waals surface area contributed by atoms with Crippen molar-refractivity contribution in [2.75, 3.05) is 13.1 Å². The predicted octanol–water partition coefficient (Wildman–Crippen LogP) is 4.97. The molecule has 0 bridgehead atoms. The van der Waals surface area contributed by atoms with Crippen LogP contribution in [0.15, 0.2) is 30.3 Å². The molecule has 0 atom stereocenters. The van der Waals surface area contributed by atoms with Crippen molar-refractivity contribution >= 4 is 11.9 Å². The summed E-state index contributed by atoms with van der Waals surface area (Å²) in [7, 11) is 0. The zero-order chi connectivity index (χ0) is 25.7. The average molecular weight is 483 g/mol. The number of nitrogens with one attached hydrogen (secondary N) is 1. The van der Waals surface area contributed by atoms with Crippen molar-refractivity contribution < 1.29 is 24.2 Å². The molecule has 0 spiro atoms. The topological polar surface area (TPSA) is 88.1 Å². The summed E-state index contributed by atoms with van der Waals surface area (Å²) < 4.78 is 11.9. The number of carbonyl (C=O) groups is 2. The maximum Gasteiger partial charge on any atom is 0.336 e. The lowest BCUT2D eigenvalue weighted by molar-refractivity contribution is 0.0694.